The van der Waals surface area contributed by atoms with E-state index in [0.29, 0.717) is 33.6 Å². The van der Waals surface area contributed by atoms with E-state index in [1.54, 1.807) is 12.1 Å². The van der Waals surface area contributed by atoms with Crippen molar-refractivity contribution < 1.29 is 23.7 Å². The van der Waals surface area contributed by atoms with E-state index < -0.39 is 5.91 Å². The van der Waals surface area contributed by atoms with Gasteiger partial charge in [-0.3, -0.25) is 4.79 Å². The summed E-state index contributed by atoms with van der Waals surface area (Å²) in [5.74, 6) is 0.688. The van der Waals surface area contributed by atoms with Crippen LogP contribution >= 0.6 is 39.1 Å². The zero-order valence-corrected chi connectivity index (χ0v) is 22.6. The highest BCUT2D eigenvalue weighted by atomic mass is 79.9. The maximum Gasteiger partial charge on any atom is 0.266 e. The molecule has 0 aromatic heterocycles. The Hall–Kier alpha value is -3.38. The largest absolute Gasteiger partial charge is 0.495 e. The molecular weight excluding hydrogens is 571 g/mol. The van der Waals surface area contributed by atoms with Crippen LogP contribution in [0.2, 0.25) is 10.0 Å². The van der Waals surface area contributed by atoms with Crippen LogP contribution in [0.1, 0.15) is 11.1 Å². The zero-order valence-electron chi connectivity index (χ0n) is 19.5. The number of nitrogens with one attached hydrogen (secondary N) is 1. The molecule has 0 aliphatic carbocycles. The summed E-state index contributed by atoms with van der Waals surface area (Å²) in [4.78, 5) is 12.9. The molecule has 0 bridgehead atoms. The number of hydrogen-bond donors (Lipinski definition) is 1. The summed E-state index contributed by atoms with van der Waals surface area (Å²) in [7, 11) is 4.36. The highest BCUT2D eigenvalue weighted by Gasteiger charge is 2.17. The predicted molar refractivity (Wildman–Crippen MR) is 143 cm³/mol. The van der Waals surface area contributed by atoms with Gasteiger partial charge in [0.2, 0.25) is 0 Å². The summed E-state index contributed by atoms with van der Waals surface area (Å²) >= 11 is 16.0. The fourth-order valence-electron chi connectivity index (χ4n) is 3.16. The van der Waals surface area contributed by atoms with Crippen LogP contribution in [0.25, 0.3) is 6.08 Å². The van der Waals surface area contributed by atoms with E-state index in [-0.39, 0.29) is 22.9 Å². The van der Waals surface area contributed by atoms with Crippen molar-refractivity contribution in [3.8, 4) is 29.1 Å². The van der Waals surface area contributed by atoms with E-state index >= 15 is 0 Å². The van der Waals surface area contributed by atoms with Gasteiger partial charge in [-0.1, -0.05) is 51.3 Å². The molecule has 0 unspecified atom stereocenters. The Balaban J connectivity index is 1.85. The van der Waals surface area contributed by atoms with Crippen LogP contribution in [0.15, 0.2) is 58.6 Å². The summed E-state index contributed by atoms with van der Waals surface area (Å²) in [6.07, 6.45) is 1.39. The van der Waals surface area contributed by atoms with Crippen molar-refractivity contribution in [2.45, 2.75) is 6.61 Å². The van der Waals surface area contributed by atoms with Crippen molar-refractivity contribution >= 4 is 56.8 Å². The number of carbonyl (C=O) groups excluding carboxylic acids is 1. The van der Waals surface area contributed by atoms with Crippen LogP contribution < -0.4 is 24.3 Å². The maximum atomic E-state index is 12.9. The van der Waals surface area contributed by atoms with Gasteiger partial charge in [-0.25, -0.2) is 0 Å². The topological polar surface area (TPSA) is 89.8 Å². The monoisotopic (exact) mass is 590 g/mol. The molecule has 7 nitrogen and oxygen atoms in total. The molecule has 0 aliphatic rings. The average Bonchev–Trinajstić information content (AvgIpc) is 2.87. The number of benzene rings is 3. The van der Waals surface area contributed by atoms with E-state index in [4.69, 9.17) is 42.1 Å². The fraction of sp³-hybridized carbons (Fsp3) is 0.154. The van der Waals surface area contributed by atoms with Crippen LogP contribution in [0.3, 0.4) is 0 Å². The highest BCUT2D eigenvalue weighted by Crippen LogP contribution is 2.38. The third kappa shape index (κ3) is 6.64. The first-order valence-corrected chi connectivity index (χ1v) is 11.9. The molecule has 0 fully saturated rings. The van der Waals surface area contributed by atoms with Gasteiger partial charge in [-0.15, -0.1) is 0 Å². The normalized spacial score (nSPS) is 10.9. The number of amides is 1. The Labute approximate surface area is 227 Å². The molecule has 1 amide bonds. The van der Waals surface area contributed by atoms with Gasteiger partial charge in [0, 0.05) is 16.6 Å². The first kappa shape index (κ1) is 27.2. The number of carbonyl (C=O) groups is 1. The lowest BCUT2D eigenvalue weighted by atomic mass is 10.1. The molecule has 10 heteroatoms. The Morgan fingerprint density at radius 1 is 0.972 bits per heavy atom. The summed E-state index contributed by atoms with van der Waals surface area (Å²) in [5, 5.41) is 12.9. The summed E-state index contributed by atoms with van der Waals surface area (Å²) < 4.78 is 22.7. The number of hydrogen-bond acceptors (Lipinski definition) is 6. The molecule has 0 aliphatic heterocycles. The van der Waals surface area contributed by atoms with Gasteiger partial charge in [-0.2, -0.15) is 5.26 Å². The summed E-state index contributed by atoms with van der Waals surface area (Å²) in [6.45, 7) is 0.275. The molecule has 1 N–H and O–H groups in total. The second kappa shape index (κ2) is 12.5. The molecule has 36 heavy (non-hydrogen) atoms. The smallest absolute Gasteiger partial charge is 0.266 e. The Morgan fingerprint density at radius 3 is 2.25 bits per heavy atom. The van der Waals surface area contributed by atoms with Gasteiger partial charge < -0.3 is 24.3 Å². The molecule has 0 spiro atoms. The van der Waals surface area contributed by atoms with Crippen LogP contribution in [-0.4, -0.2) is 27.2 Å². The van der Waals surface area contributed by atoms with Crippen molar-refractivity contribution in [2.24, 2.45) is 0 Å². The third-order valence-corrected chi connectivity index (χ3v) is 6.05. The molecule has 0 radical (unpaired) electrons. The number of anilines is 1. The van der Waals surface area contributed by atoms with Crippen LogP contribution in [0, 0.1) is 11.3 Å². The van der Waals surface area contributed by atoms with Crippen molar-refractivity contribution in [2.75, 3.05) is 26.6 Å². The second-order valence-electron chi connectivity index (χ2n) is 7.26. The van der Waals surface area contributed by atoms with Gasteiger partial charge >= 0.3 is 0 Å². The average molecular weight is 592 g/mol. The standard InChI is InChI=1S/C26H21BrCl2N2O5/c1-33-22-12-21(23(34-2)11-19(22)28)31-26(32)17(13-30)8-16-9-20(29)25(24(10-16)35-3)36-14-15-4-6-18(27)7-5-15/h4-12H,14H2,1-3H3,(H,31,32)/b17-8+. The zero-order chi connectivity index (χ0) is 26.2. The lowest BCUT2D eigenvalue weighted by molar-refractivity contribution is -0.112. The SMILES string of the molecule is COc1cc(NC(=O)/C(C#N)=C/c2cc(Cl)c(OCc3ccc(Br)cc3)c(OC)c2)c(OC)cc1Cl. The number of rotatable bonds is 9. The second-order valence-corrected chi connectivity index (χ2v) is 8.99. The fourth-order valence-corrected chi connectivity index (χ4v) is 3.93. The minimum atomic E-state index is -0.661. The molecular formula is C26H21BrCl2N2O5. The van der Waals surface area contributed by atoms with E-state index in [1.807, 2.05) is 30.3 Å². The van der Waals surface area contributed by atoms with E-state index in [9.17, 15) is 10.1 Å². The van der Waals surface area contributed by atoms with Crippen LogP contribution in [-0.2, 0) is 11.4 Å². The Kier molecular flexibility index (Phi) is 9.48. The Morgan fingerprint density at radius 2 is 1.64 bits per heavy atom. The molecule has 0 heterocycles. The Bertz CT molecular complexity index is 1340. The quantitative estimate of drug-likeness (QED) is 0.215. The molecule has 3 aromatic carbocycles. The van der Waals surface area contributed by atoms with Crippen molar-refractivity contribution in [1.29, 1.82) is 5.26 Å². The van der Waals surface area contributed by atoms with Crippen molar-refractivity contribution in [3.05, 3.63) is 79.7 Å². The predicted octanol–water partition coefficient (Wildman–Crippen LogP) is 6.91. The molecule has 3 aromatic rings. The van der Waals surface area contributed by atoms with Gasteiger partial charge in [0.25, 0.3) is 5.91 Å². The minimum absolute atomic E-state index is 0.173. The maximum absolute atomic E-state index is 12.9. The minimum Gasteiger partial charge on any atom is -0.495 e. The van der Waals surface area contributed by atoms with E-state index in [0.717, 1.165) is 10.0 Å². The third-order valence-electron chi connectivity index (χ3n) is 4.95. The van der Waals surface area contributed by atoms with E-state index in [1.165, 1.54) is 39.5 Å². The summed E-state index contributed by atoms with van der Waals surface area (Å²) in [5.41, 5.74) is 1.53. The molecule has 3 rings (SSSR count). The van der Waals surface area contributed by atoms with Crippen LogP contribution in [0.4, 0.5) is 5.69 Å². The lowest BCUT2D eigenvalue weighted by Gasteiger charge is -2.14. The molecule has 0 saturated carbocycles. The van der Waals surface area contributed by atoms with Gasteiger partial charge in [-0.05, 0) is 41.5 Å². The number of nitrogens with zero attached hydrogens (tertiary/aromatic N) is 1. The highest BCUT2D eigenvalue weighted by molar-refractivity contribution is 9.10. The van der Waals surface area contributed by atoms with Crippen molar-refractivity contribution in [1.82, 2.24) is 0 Å². The number of nitriles is 1. The molecule has 186 valence electrons. The van der Waals surface area contributed by atoms with E-state index in [2.05, 4.69) is 21.2 Å². The van der Waals surface area contributed by atoms with Gasteiger partial charge in [0.1, 0.15) is 29.7 Å². The number of methoxy groups -OCH3 is 3. The first-order valence-electron chi connectivity index (χ1n) is 10.4. The van der Waals surface area contributed by atoms with Gasteiger partial charge in [0.05, 0.1) is 37.1 Å². The number of ether oxygens (including phenoxy) is 4. The number of halogens is 3. The van der Waals surface area contributed by atoms with Gasteiger partial charge in [0.15, 0.2) is 11.5 Å². The summed E-state index contributed by atoms with van der Waals surface area (Å²) in [6, 6.07) is 15.8. The molecule has 0 atom stereocenters. The molecule has 0 saturated heterocycles. The first-order chi connectivity index (χ1) is 17.3. The van der Waals surface area contributed by atoms with Crippen molar-refractivity contribution in [3.63, 3.8) is 0 Å². The lowest BCUT2D eigenvalue weighted by Crippen LogP contribution is -2.14. The van der Waals surface area contributed by atoms with Crippen LogP contribution in [0.5, 0.6) is 23.0 Å².